The summed E-state index contributed by atoms with van der Waals surface area (Å²) in [4.78, 5) is 24.4. The van der Waals surface area contributed by atoms with Crippen LogP contribution in [-0.4, -0.2) is 31.2 Å². The highest BCUT2D eigenvalue weighted by molar-refractivity contribution is 6.32. The zero-order chi connectivity index (χ0) is 19.6. The Hall–Kier alpha value is -2.87. The number of nitrogens with one attached hydrogen (secondary N) is 1. The standard InChI is InChI=1S/C18H14ClF2NO5/c1-9(17(23)22-15-12(20)3-2-4-13(15)21)27-18(24)10-7-11(19)16-14(8-10)25-5-6-26-16/h2-4,7-9H,5-6H2,1H3,(H,22,23)/t9-/m1/s1. The molecular weight excluding hydrogens is 384 g/mol. The van der Waals surface area contributed by atoms with E-state index in [9.17, 15) is 18.4 Å². The molecule has 0 saturated heterocycles. The number of hydrogen-bond donors (Lipinski definition) is 1. The van der Waals surface area contributed by atoms with Crippen molar-refractivity contribution in [3.05, 3.63) is 52.6 Å². The average molecular weight is 398 g/mol. The van der Waals surface area contributed by atoms with Crippen molar-refractivity contribution in [2.45, 2.75) is 13.0 Å². The van der Waals surface area contributed by atoms with Crippen molar-refractivity contribution >= 4 is 29.2 Å². The molecule has 0 saturated carbocycles. The van der Waals surface area contributed by atoms with Crippen LogP contribution in [0.25, 0.3) is 0 Å². The number of carbonyl (C=O) groups excluding carboxylic acids is 2. The van der Waals surface area contributed by atoms with Gasteiger partial charge in [0.25, 0.3) is 5.91 Å². The van der Waals surface area contributed by atoms with Gasteiger partial charge in [0.1, 0.15) is 30.5 Å². The molecule has 1 N–H and O–H groups in total. The number of esters is 1. The topological polar surface area (TPSA) is 73.9 Å². The largest absolute Gasteiger partial charge is 0.486 e. The Bertz CT molecular complexity index is 885. The van der Waals surface area contributed by atoms with Gasteiger partial charge in [-0.15, -0.1) is 0 Å². The summed E-state index contributed by atoms with van der Waals surface area (Å²) in [5, 5.41) is 2.22. The quantitative estimate of drug-likeness (QED) is 0.798. The molecule has 0 fully saturated rings. The molecule has 2 aromatic rings. The molecule has 0 unspecified atom stereocenters. The van der Waals surface area contributed by atoms with Gasteiger partial charge in [0.05, 0.1) is 10.6 Å². The average Bonchev–Trinajstić information content (AvgIpc) is 2.64. The summed E-state index contributed by atoms with van der Waals surface area (Å²) < 4.78 is 43.0. The van der Waals surface area contributed by atoms with Crippen LogP contribution in [-0.2, 0) is 9.53 Å². The third-order valence-electron chi connectivity index (χ3n) is 3.70. The first-order valence-corrected chi connectivity index (χ1v) is 8.29. The zero-order valence-electron chi connectivity index (χ0n) is 14.1. The van der Waals surface area contributed by atoms with Crippen molar-refractivity contribution in [2.24, 2.45) is 0 Å². The van der Waals surface area contributed by atoms with E-state index in [1.54, 1.807) is 0 Å². The molecule has 0 spiro atoms. The Balaban J connectivity index is 1.70. The predicted octanol–water partition coefficient (Wildman–Crippen LogP) is 3.57. The number of carbonyl (C=O) groups is 2. The lowest BCUT2D eigenvalue weighted by molar-refractivity contribution is -0.123. The van der Waals surface area contributed by atoms with Gasteiger partial charge in [-0.05, 0) is 31.2 Å². The number of fused-ring (bicyclic) bond motifs is 1. The van der Waals surface area contributed by atoms with Gasteiger partial charge in [-0.3, -0.25) is 4.79 Å². The predicted molar refractivity (Wildman–Crippen MR) is 92.3 cm³/mol. The first-order chi connectivity index (χ1) is 12.9. The molecule has 1 amide bonds. The molecule has 1 aliphatic rings. The fourth-order valence-corrected chi connectivity index (χ4v) is 2.62. The van der Waals surface area contributed by atoms with Gasteiger partial charge in [0.15, 0.2) is 17.6 Å². The van der Waals surface area contributed by atoms with E-state index >= 15 is 0 Å². The molecule has 0 bridgehead atoms. The Labute approximate surface area is 158 Å². The highest BCUT2D eigenvalue weighted by Crippen LogP contribution is 2.38. The van der Waals surface area contributed by atoms with E-state index in [0.29, 0.717) is 19.0 Å². The minimum atomic E-state index is -1.32. The zero-order valence-corrected chi connectivity index (χ0v) is 14.8. The minimum Gasteiger partial charge on any atom is -0.486 e. The van der Waals surface area contributed by atoms with Crippen LogP contribution < -0.4 is 14.8 Å². The van der Waals surface area contributed by atoms with E-state index in [1.165, 1.54) is 19.1 Å². The third-order valence-corrected chi connectivity index (χ3v) is 3.98. The lowest BCUT2D eigenvalue weighted by atomic mass is 10.2. The van der Waals surface area contributed by atoms with Crippen molar-refractivity contribution in [3.63, 3.8) is 0 Å². The summed E-state index contributed by atoms with van der Waals surface area (Å²) in [5.74, 6) is -3.03. The van der Waals surface area contributed by atoms with Gasteiger partial charge in [-0.1, -0.05) is 17.7 Å². The van der Waals surface area contributed by atoms with E-state index < -0.39 is 35.3 Å². The molecule has 142 valence electrons. The van der Waals surface area contributed by atoms with Gasteiger partial charge < -0.3 is 19.5 Å². The third kappa shape index (κ3) is 4.11. The maximum atomic E-state index is 13.6. The number of halogens is 3. The van der Waals surface area contributed by atoms with E-state index in [1.807, 2.05) is 0 Å². The van der Waals surface area contributed by atoms with Crippen LogP contribution in [0.3, 0.4) is 0 Å². The summed E-state index contributed by atoms with van der Waals surface area (Å²) in [6.07, 6.45) is -1.32. The van der Waals surface area contributed by atoms with Gasteiger partial charge in [0, 0.05) is 0 Å². The van der Waals surface area contributed by atoms with Gasteiger partial charge in [-0.2, -0.15) is 0 Å². The van der Waals surface area contributed by atoms with Crippen LogP contribution in [0.5, 0.6) is 11.5 Å². The first-order valence-electron chi connectivity index (χ1n) is 7.92. The van der Waals surface area contributed by atoms with Crippen molar-refractivity contribution in [3.8, 4) is 11.5 Å². The van der Waals surface area contributed by atoms with Crippen LogP contribution in [0.4, 0.5) is 14.5 Å². The Morgan fingerprint density at radius 2 is 1.85 bits per heavy atom. The first kappa shape index (κ1) is 18.9. The summed E-state index contributed by atoms with van der Waals surface area (Å²) in [6, 6.07) is 5.84. The maximum Gasteiger partial charge on any atom is 0.339 e. The lowest BCUT2D eigenvalue weighted by Crippen LogP contribution is -2.30. The number of para-hydroxylation sites is 1. The lowest BCUT2D eigenvalue weighted by Gasteiger charge is -2.20. The second-order valence-corrected chi connectivity index (χ2v) is 6.02. The SMILES string of the molecule is C[C@@H](OC(=O)c1cc(Cl)c2c(c1)OCCO2)C(=O)Nc1c(F)cccc1F. The summed E-state index contributed by atoms with van der Waals surface area (Å²) >= 11 is 6.06. The highest BCUT2D eigenvalue weighted by atomic mass is 35.5. The molecule has 2 aromatic carbocycles. The molecule has 1 heterocycles. The van der Waals surface area contributed by atoms with Gasteiger partial charge >= 0.3 is 5.97 Å². The number of hydrogen-bond acceptors (Lipinski definition) is 5. The molecule has 3 rings (SSSR count). The molecule has 0 aliphatic carbocycles. The molecule has 9 heteroatoms. The number of benzene rings is 2. The Kier molecular flexibility index (Phi) is 5.46. The Morgan fingerprint density at radius 1 is 1.19 bits per heavy atom. The summed E-state index contributed by atoms with van der Waals surface area (Å²) in [5.41, 5.74) is -0.575. The molecule has 1 atom stereocenters. The molecule has 0 aromatic heterocycles. The van der Waals surface area contributed by atoms with Crippen LogP contribution >= 0.6 is 11.6 Å². The molecule has 6 nitrogen and oxygen atoms in total. The van der Waals surface area contributed by atoms with E-state index in [4.69, 9.17) is 25.8 Å². The molecule has 27 heavy (non-hydrogen) atoms. The van der Waals surface area contributed by atoms with E-state index in [0.717, 1.165) is 18.2 Å². The molecule has 1 aliphatic heterocycles. The van der Waals surface area contributed by atoms with E-state index in [2.05, 4.69) is 5.32 Å². The smallest absolute Gasteiger partial charge is 0.339 e. The fraction of sp³-hybridized carbons (Fsp3) is 0.222. The number of rotatable bonds is 4. The number of ether oxygens (including phenoxy) is 3. The van der Waals surface area contributed by atoms with Crippen molar-refractivity contribution in [2.75, 3.05) is 18.5 Å². The fourth-order valence-electron chi connectivity index (χ4n) is 2.35. The summed E-state index contributed by atoms with van der Waals surface area (Å²) in [6.45, 7) is 1.90. The normalized spacial score (nSPS) is 13.6. The molecule has 0 radical (unpaired) electrons. The minimum absolute atomic E-state index is 0.0426. The van der Waals surface area contributed by atoms with Crippen molar-refractivity contribution in [1.29, 1.82) is 0 Å². The maximum absolute atomic E-state index is 13.6. The van der Waals surface area contributed by atoms with Crippen molar-refractivity contribution in [1.82, 2.24) is 0 Å². The Morgan fingerprint density at radius 3 is 2.56 bits per heavy atom. The van der Waals surface area contributed by atoms with Crippen LogP contribution in [0.2, 0.25) is 5.02 Å². The monoisotopic (exact) mass is 397 g/mol. The summed E-state index contributed by atoms with van der Waals surface area (Å²) in [7, 11) is 0. The van der Waals surface area contributed by atoms with Gasteiger partial charge in [0.2, 0.25) is 0 Å². The molecular formula is C18H14ClF2NO5. The van der Waals surface area contributed by atoms with Crippen molar-refractivity contribution < 1.29 is 32.6 Å². The van der Waals surface area contributed by atoms with Crippen LogP contribution in [0, 0.1) is 11.6 Å². The van der Waals surface area contributed by atoms with Crippen LogP contribution in [0.1, 0.15) is 17.3 Å². The van der Waals surface area contributed by atoms with E-state index in [-0.39, 0.29) is 16.3 Å². The number of amides is 1. The van der Waals surface area contributed by atoms with Gasteiger partial charge in [-0.25, -0.2) is 13.6 Å². The second kappa shape index (κ2) is 7.79. The number of anilines is 1. The van der Waals surface area contributed by atoms with Crippen LogP contribution in [0.15, 0.2) is 30.3 Å². The second-order valence-electron chi connectivity index (χ2n) is 5.62. The highest BCUT2D eigenvalue weighted by Gasteiger charge is 2.24.